The van der Waals surface area contributed by atoms with Crippen molar-refractivity contribution in [2.45, 2.75) is 37.8 Å². The first-order chi connectivity index (χ1) is 14.7. The van der Waals surface area contributed by atoms with Gasteiger partial charge in [0.05, 0.1) is 10.5 Å². The van der Waals surface area contributed by atoms with Gasteiger partial charge in [-0.1, -0.05) is 0 Å². The molecule has 32 heavy (non-hydrogen) atoms. The molecule has 0 unspecified atom stereocenters. The van der Waals surface area contributed by atoms with E-state index in [0.717, 1.165) is 24.8 Å². The Labute approximate surface area is 193 Å². The minimum Gasteiger partial charge on any atom is -0.461 e. The Morgan fingerprint density at radius 3 is 2.47 bits per heavy atom. The van der Waals surface area contributed by atoms with Gasteiger partial charge >= 0.3 is 0 Å². The van der Waals surface area contributed by atoms with Crippen molar-refractivity contribution in [1.29, 1.82) is 0 Å². The molecule has 2 N–H and O–H groups in total. The van der Waals surface area contributed by atoms with E-state index in [4.69, 9.17) is 4.42 Å². The van der Waals surface area contributed by atoms with E-state index in [9.17, 15) is 12.8 Å². The molecule has 1 aromatic carbocycles. The number of halogens is 2. The van der Waals surface area contributed by atoms with Gasteiger partial charge in [-0.25, -0.2) is 17.8 Å². The zero-order chi connectivity index (χ0) is 22.2. The van der Waals surface area contributed by atoms with E-state index in [1.54, 1.807) is 31.3 Å². The van der Waals surface area contributed by atoms with Crippen LogP contribution in [0.1, 0.15) is 19.6 Å². The van der Waals surface area contributed by atoms with Gasteiger partial charge in [0.1, 0.15) is 23.2 Å². The minimum absolute atomic E-state index is 0. The molecule has 3 heterocycles. The number of rotatable bonds is 5. The van der Waals surface area contributed by atoms with Crippen LogP contribution >= 0.6 is 12.4 Å². The summed E-state index contributed by atoms with van der Waals surface area (Å²) >= 11 is 0. The van der Waals surface area contributed by atoms with Crippen molar-refractivity contribution in [2.24, 2.45) is 0 Å². The van der Waals surface area contributed by atoms with Crippen molar-refractivity contribution >= 4 is 33.9 Å². The average Bonchev–Trinajstić information content (AvgIpc) is 3.13. The van der Waals surface area contributed by atoms with Crippen molar-refractivity contribution in [3.05, 3.63) is 60.2 Å². The first-order valence-electron chi connectivity index (χ1n) is 10.1. The van der Waals surface area contributed by atoms with Crippen LogP contribution in [-0.2, 0) is 10.0 Å². The van der Waals surface area contributed by atoms with Gasteiger partial charge in [0.15, 0.2) is 0 Å². The maximum Gasteiger partial charge on any atom is 0.263 e. The molecule has 1 saturated heterocycles. The highest BCUT2D eigenvalue weighted by molar-refractivity contribution is 7.92. The van der Waals surface area contributed by atoms with Crippen molar-refractivity contribution < 1.29 is 17.2 Å². The molecule has 1 aliphatic rings. The first kappa shape index (κ1) is 24.0. The number of hydrogen-bond acceptors (Lipinski definition) is 6. The van der Waals surface area contributed by atoms with Crippen LogP contribution in [0.4, 0.5) is 15.9 Å². The zero-order valence-electron chi connectivity index (χ0n) is 18.0. The second-order valence-corrected chi connectivity index (χ2v) is 9.61. The number of pyridine rings is 1. The van der Waals surface area contributed by atoms with E-state index in [0.29, 0.717) is 23.6 Å². The molecule has 3 aromatic rings. The van der Waals surface area contributed by atoms with E-state index in [2.05, 4.69) is 33.8 Å². The van der Waals surface area contributed by atoms with Crippen LogP contribution < -0.4 is 14.9 Å². The van der Waals surface area contributed by atoms with E-state index >= 15 is 0 Å². The Bertz CT molecular complexity index is 1190. The van der Waals surface area contributed by atoms with Gasteiger partial charge < -0.3 is 14.6 Å². The molecule has 1 aliphatic heterocycles. The number of piperazine rings is 1. The summed E-state index contributed by atoms with van der Waals surface area (Å²) in [4.78, 5) is 6.13. The second kappa shape index (κ2) is 9.48. The third-order valence-corrected chi connectivity index (χ3v) is 6.51. The van der Waals surface area contributed by atoms with Gasteiger partial charge in [0.2, 0.25) is 0 Å². The third-order valence-electron chi connectivity index (χ3n) is 5.16. The smallest absolute Gasteiger partial charge is 0.263 e. The monoisotopic (exact) mass is 480 g/mol. The topological polar surface area (TPSA) is 87.5 Å². The average molecular weight is 481 g/mol. The van der Waals surface area contributed by atoms with Gasteiger partial charge in [-0.2, -0.15) is 0 Å². The van der Waals surface area contributed by atoms with Gasteiger partial charge in [-0.15, -0.1) is 12.4 Å². The summed E-state index contributed by atoms with van der Waals surface area (Å²) in [6.45, 7) is 7.58. The summed E-state index contributed by atoms with van der Waals surface area (Å²) in [5.41, 5.74) is 1.08. The number of hydrogen-bond donors (Lipinski definition) is 2. The van der Waals surface area contributed by atoms with Gasteiger partial charge in [0, 0.05) is 43.1 Å². The molecule has 2 aromatic heterocycles. The molecule has 0 radical (unpaired) electrons. The number of aryl methyl sites for hydroxylation is 1. The molecule has 7 nitrogen and oxygen atoms in total. The third kappa shape index (κ3) is 5.23. The largest absolute Gasteiger partial charge is 0.461 e. The molecular weight excluding hydrogens is 455 g/mol. The molecule has 10 heteroatoms. The molecule has 0 spiro atoms. The first-order valence-corrected chi connectivity index (χ1v) is 11.6. The highest BCUT2D eigenvalue weighted by Crippen LogP contribution is 2.28. The maximum atomic E-state index is 14.6. The molecule has 2 atom stereocenters. The molecule has 4 rings (SSSR count). The number of aromatic nitrogens is 1. The standard InChI is InChI=1S/C22H25FN4O3S.ClH/c1-14-12-27(13-15(2)25-14)17-8-9-24-22(10-17)26-31(28,29)18-5-6-19(20(23)11-18)21-7-4-16(3)30-21;/h4-11,14-15,25H,12-13H2,1-3H3,(H,24,26);1H/t14-,15+;. The van der Waals surface area contributed by atoms with Crippen molar-refractivity contribution in [1.82, 2.24) is 10.3 Å². The normalized spacial score (nSPS) is 18.8. The Hall–Kier alpha value is -2.62. The second-order valence-electron chi connectivity index (χ2n) is 7.93. The molecular formula is C22H26ClFN4O3S. The Morgan fingerprint density at radius 2 is 1.84 bits per heavy atom. The molecule has 172 valence electrons. The van der Waals surface area contributed by atoms with Gasteiger partial charge in [0.25, 0.3) is 10.0 Å². The fraction of sp³-hybridized carbons (Fsp3) is 0.318. The lowest BCUT2D eigenvalue weighted by atomic mass is 10.1. The lowest BCUT2D eigenvalue weighted by molar-refractivity contribution is 0.407. The highest BCUT2D eigenvalue weighted by Gasteiger charge is 2.23. The van der Waals surface area contributed by atoms with Gasteiger partial charge in [-0.3, -0.25) is 4.72 Å². The summed E-state index contributed by atoms with van der Waals surface area (Å²) in [5.74, 6) is 0.498. The SMILES string of the molecule is Cc1ccc(-c2ccc(S(=O)(=O)Nc3cc(N4C[C@@H](C)N[C@@H](C)C4)ccn3)cc2F)o1.Cl. The van der Waals surface area contributed by atoms with Crippen LogP contribution in [-0.4, -0.2) is 38.6 Å². The lowest BCUT2D eigenvalue weighted by Gasteiger charge is -2.37. The Balaban J connectivity index is 0.00000289. The van der Waals surface area contributed by atoms with E-state index in [-0.39, 0.29) is 28.7 Å². The van der Waals surface area contributed by atoms with E-state index in [1.807, 2.05) is 6.07 Å². The number of furan rings is 1. The highest BCUT2D eigenvalue weighted by atomic mass is 35.5. The predicted molar refractivity (Wildman–Crippen MR) is 125 cm³/mol. The minimum atomic E-state index is -4.01. The number of sulfonamides is 1. The van der Waals surface area contributed by atoms with E-state index in [1.165, 1.54) is 12.1 Å². The number of benzene rings is 1. The fourth-order valence-corrected chi connectivity index (χ4v) is 4.86. The Morgan fingerprint density at radius 1 is 1.12 bits per heavy atom. The zero-order valence-corrected chi connectivity index (χ0v) is 19.6. The molecule has 0 saturated carbocycles. The van der Waals surface area contributed by atoms with Crippen LogP contribution in [0, 0.1) is 12.7 Å². The molecule has 0 bridgehead atoms. The van der Waals surface area contributed by atoms with Crippen molar-refractivity contribution in [3.8, 4) is 11.3 Å². The van der Waals surface area contributed by atoms with Crippen LogP contribution in [0.25, 0.3) is 11.3 Å². The quantitative estimate of drug-likeness (QED) is 0.569. The summed E-state index contributed by atoms with van der Waals surface area (Å²) in [6.07, 6.45) is 1.56. The summed E-state index contributed by atoms with van der Waals surface area (Å²) in [5, 5.41) is 3.47. The molecule has 0 amide bonds. The summed E-state index contributed by atoms with van der Waals surface area (Å²) in [6, 6.07) is 11.3. The summed E-state index contributed by atoms with van der Waals surface area (Å²) < 4.78 is 48.2. The van der Waals surface area contributed by atoms with Crippen molar-refractivity contribution in [3.63, 3.8) is 0 Å². The summed E-state index contributed by atoms with van der Waals surface area (Å²) in [7, 11) is -4.01. The van der Waals surface area contributed by atoms with Crippen LogP contribution in [0.3, 0.4) is 0 Å². The Kier molecular flexibility index (Phi) is 7.12. The van der Waals surface area contributed by atoms with E-state index < -0.39 is 15.8 Å². The maximum absolute atomic E-state index is 14.6. The van der Waals surface area contributed by atoms with Crippen molar-refractivity contribution in [2.75, 3.05) is 22.7 Å². The van der Waals surface area contributed by atoms with Crippen LogP contribution in [0.15, 0.2) is 58.0 Å². The van der Waals surface area contributed by atoms with Crippen LogP contribution in [0.2, 0.25) is 0 Å². The number of nitrogens with zero attached hydrogens (tertiary/aromatic N) is 2. The van der Waals surface area contributed by atoms with Crippen LogP contribution in [0.5, 0.6) is 0 Å². The molecule has 0 aliphatic carbocycles. The fourth-order valence-electron chi connectivity index (χ4n) is 3.85. The van der Waals surface area contributed by atoms with Gasteiger partial charge in [-0.05, 0) is 57.2 Å². The number of anilines is 2. The molecule has 1 fully saturated rings. The lowest BCUT2D eigenvalue weighted by Crippen LogP contribution is -2.54. The predicted octanol–water partition coefficient (Wildman–Crippen LogP) is 4.20. The number of nitrogens with one attached hydrogen (secondary N) is 2.